The maximum absolute atomic E-state index is 2.24. The second-order valence-electron chi connectivity index (χ2n) is 1.03. The first-order chi connectivity index (χ1) is 2.81. The van der Waals surface area contributed by atoms with Gasteiger partial charge in [-0.25, -0.2) is 0 Å². The van der Waals surface area contributed by atoms with Crippen LogP contribution in [0.3, 0.4) is 0 Å². The second-order valence-corrected chi connectivity index (χ2v) is 4.66. The van der Waals surface area contributed by atoms with Crippen molar-refractivity contribution in [2.75, 3.05) is 6.26 Å². The second kappa shape index (κ2) is 4.17. The van der Waals surface area contributed by atoms with Gasteiger partial charge in [0.15, 0.2) is 0 Å². The molecule has 0 nitrogen and oxygen atoms in total. The summed E-state index contributed by atoms with van der Waals surface area (Å²) in [4.78, 5) is 0. The van der Waals surface area contributed by atoms with Gasteiger partial charge in [0.05, 0.1) is 0 Å². The Labute approximate surface area is 54.2 Å². The summed E-state index contributed by atoms with van der Waals surface area (Å²) in [5.41, 5.74) is 0. The zero-order valence-corrected chi connectivity index (χ0v) is 7.24. The van der Waals surface area contributed by atoms with Gasteiger partial charge in [-0.2, -0.15) is 0 Å². The molecule has 0 amide bonds. The van der Waals surface area contributed by atoms with Crippen LogP contribution in [0.25, 0.3) is 0 Å². The van der Waals surface area contributed by atoms with Crippen molar-refractivity contribution in [3.05, 3.63) is 0 Å². The van der Waals surface area contributed by atoms with Crippen molar-refractivity contribution in [3.8, 4) is 0 Å². The number of rotatable bonds is 2. The average Bonchev–Trinajstić information content (AvgIpc) is 1.65. The molecule has 0 fully saturated rings. The van der Waals surface area contributed by atoms with Gasteiger partial charge in [-0.05, 0) is 0 Å². The Balaban J connectivity index is 2.75. The molecule has 40 valence electrons. The summed E-state index contributed by atoms with van der Waals surface area (Å²) in [7, 11) is 0. The molecular weight excluding hydrogens is 272 g/mol. The Morgan fingerprint density at radius 3 is 2.33 bits per heavy atom. The fourth-order valence-electron chi connectivity index (χ4n) is 0.167. The zero-order valence-electron chi connectivity index (χ0n) is 4.03. The SMILES string of the molecule is CC[CH]([Ir])SC. The Bertz CT molecular complexity index is 26.7. The standard InChI is InChI=1S/C4H9S.Ir/c1-3-4-5-2;/h4H,3H2,1-2H3;. The van der Waals surface area contributed by atoms with Crippen molar-refractivity contribution in [3.63, 3.8) is 0 Å². The van der Waals surface area contributed by atoms with E-state index >= 15 is 0 Å². The van der Waals surface area contributed by atoms with Gasteiger partial charge in [0.1, 0.15) is 0 Å². The van der Waals surface area contributed by atoms with E-state index in [1.807, 2.05) is 11.8 Å². The van der Waals surface area contributed by atoms with Crippen molar-refractivity contribution in [1.82, 2.24) is 0 Å². The molecule has 0 saturated carbocycles. The first-order valence-electron chi connectivity index (χ1n) is 1.95. The fourth-order valence-corrected chi connectivity index (χ4v) is 0.500. The van der Waals surface area contributed by atoms with E-state index in [4.69, 9.17) is 0 Å². The van der Waals surface area contributed by atoms with Crippen LogP contribution in [0, 0.1) is 0 Å². The van der Waals surface area contributed by atoms with Gasteiger partial charge < -0.3 is 0 Å². The van der Waals surface area contributed by atoms with E-state index in [2.05, 4.69) is 32.1 Å². The predicted octanol–water partition coefficient (Wildman–Crippen LogP) is 1.63. The van der Waals surface area contributed by atoms with Crippen LogP contribution in [-0.4, -0.2) is 10.0 Å². The van der Waals surface area contributed by atoms with Crippen LogP contribution < -0.4 is 0 Å². The van der Waals surface area contributed by atoms with E-state index in [1.165, 1.54) is 6.42 Å². The molecule has 6 heavy (non-hydrogen) atoms. The molecule has 1 unspecified atom stereocenters. The van der Waals surface area contributed by atoms with Crippen molar-refractivity contribution in [2.24, 2.45) is 0 Å². The summed E-state index contributed by atoms with van der Waals surface area (Å²) < 4.78 is 0.852. The monoisotopic (exact) mass is 282 g/mol. The average molecular weight is 281 g/mol. The number of thioether (sulfide) groups is 1. The first kappa shape index (κ1) is 7.00. The molecule has 0 aliphatic carbocycles. The summed E-state index contributed by atoms with van der Waals surface area (Å²) >= 11 is 4.17. The summed E-state index contributed by atoms with van der Waals surface area (Å²) in [6.07, 6.45) is 3.44. The molecule has 0 N–H and O–H groups in total. The van der Waals surface area contributed by atoms with E-state index in [9.17, 15) is 0 Å². The molecule has 0 heterocycles. The minimum atomic E-state index is 0.852. The molecule has 0 aliphatic rings. The molecule has 2 heteroatoms. The van der Waals surface area contributed by atoms with Crippen molar-refractivity contribution in [1.29, 1.82) is 0 Å². The summed E-state index contributed by atoms with van der Waals surface area (Å²) in [6, 6.07) is 0. The molecule has 0 saturated heterocycles. The molecule has 0 aromatic carbocycles. The van der Waals surface area contributed by atoms with Crippen LogP contribution in [0.4, 0.5) is 0 Å². The predicted molar refractivity (Wildman–Crippen MR) is 27.6 cm³/mol. The summed E-state index contributed by atoms with van der Waals surface area (Å²) in [5, 5.41) is 0. The normalized spacial score (nSPS) is 14.7. The quantitative estimate of drug-likeness (QED) is 0.741. The van der Waals surface area contributed by atoms with E-state index in [0.717, 1.165) is 3.76 Å². The third kappa shape index (κ3) is 3.20. The third-order valence-corrected chi connectivity index (χ3v) is 4.04. The van der Waals surface area contributed by atoms with Crippen LogP contribution in [0.15, 0.2) is 0 Å². The van der Waals surface area contributed by atoms with E-state index < -0.39 is 0 Å². The fraction of sp³-hybridized carbons (Fsp3) is 1.00. The molecule has 0 aromatic rings. The van der Waals surface area contributed by atoms with Crippen molar-refractivity contribution in [2.45, 2.75) is 17.1 Å². The van der Waals surface area contributed by atoms with Gasteiger partial charge in [-0.1, -0.05) is 0 Å². The van der Waals surface area contributed by atoms with Crippen LogP contribution in [-0.2, 0) is 18.9 Å². The van der Waals surface area contributed by atoms with Gasteiger partial charge in [-0.3, -0.25) is 0 Å². The Kier molecular flexibility index (Phi) is 4.86. The van der Waals surface area contributed by atoms with Gasteiger partial charge in [-0.15, -0.1) is 0 Å². The molecule has 0 bridgehead atoms. The summed E-state index contributed by atoms with van der Waals surface area (Å²) in [6.45, 7) is 2.21. The van der Waals surface area contributed by atoms with Crippen LogP contribution >= 0.6 is 11.8 Å². The molecular formula is C4H9IrS. The Morgan fingerprint density at radius 2 is 2.33 bits per heavy atom. The topological polar surface area (TPSA) is 0 Å². The van der Waals surface area contributed by atoms with E-state index in [0.29, 0.717) is 0 Å². The molecule has 0 radical (unpaired) electrons. The van der Waals surface area contributed by atoms with Crippen LogP contribution in [0.1, 0.15) is 13.3 Å². The summed E-state index contributed by atoms with van der Waals surface area (Å²) in [5.74, 6) is 0. The minimum absolute atomic E-state index is 0.852. The Morgan fingerprint density at radius 1 is 1.83 bits per heavy atom. The molecule has 0 spiro atoms. The number of hydrogen-bond donors (Lipinski definition) is 0. The van der Waals surface area contributed by atoms with Crippen molar-refractivity contribution >= 4 is 11.8 Å². The van der Waals surface area contributed by atoms with Crippen molar-refractivity contribution < 1.29 is 18.9 Å². The van der Waals surface area contributed by atoms with Gasteiger partial charge in [0.25, 0.3) is 0 Å². The number of hydrogen-bond acceptors (Lipinski definition) is 1. The van der Waals surface area contributed by atoms with Gasteiger partial charge >= 0.3 is 54.0 Å². The van der Waals surface area contributed by atoms with Crippen LogP contribution in [0.2, 0.25) is 0 Å². The van der Waals surface area contributed by atoms with Gasteiger partial charge in [0, 0.05) is 0 Å². The van der Waals surface area contributed by atoms with Gasteiger partial charge in [0.2, 0.25) is 0 Å². The zero-order chi connectivity index (χ0) is 4.99. The molecule has 0 aromatic heterocycles. The van der Waals surface area contributed by atoms with Crippen LogP contribution in [0.5, 0.6) is 0 Å². The van der Waals surface area contributed by atoms with E-state index in [-0.39, 0.29) is 0 Å². The first-order valence-corrected chi connectivity index (χ1v) is 4.62. The Hall–Kier alpha value is 0.999. The van der Waals surface area contributed by atoms with E-state index in [1.54, 1.807) is 0 Å². The molecule has 0 aliphatic heterocycles. The maximum atomic E-state index is 2.24. The molecule has 1 atom stereocenters. The molecule has 0 rings (SSSR count). The third-order valence-electron chi connectivity index (χ3n) is 0.548.